The first-order valence-electron chi connectivity index (χ1n) is 11.0. The Balaban J connectivity index is 1.78. The van der Waals surface area contributed by atoms with Crippen LogP contribution in [-0.4, -0.2) is 15.3 Å². The van der Waals surface area contributed by atoms with Gasteiger partial charge >= 0.3 is 0 Å². The summed E-state index contributed by atoms with van der Waals surface area (Å²) in [5, 5.41) is 2.62. The van der Waals surface area contributed by atoms with Gasteiger partial charge in [-0.25, -0.2) is 4.98 Å². The van der Waals surface area contributed by atoms with E-state index in [4.69, 9.17) is 4.98 Å². The highest BCUT2D eigenvalue weighted by Crippen LogP contribution is 2.32. The molecule has 5 heteroatoms. The number of hydrogen-bond acceptors (Lipinski definition) is 4. The van der Waals surface area contributed by atoms with E-state index in [2.05, 4.69) is 13.0 Å². The number of nitrogens with zero attached hydrogens (tertiary/aromatic N) is 2. The molecule has 0 radical (unpaired) electrons. The van der Waals surface area contributed by atoms with Gasteiger partial charge in [-0.15, -0.1) is 11.3 Å². The van der Waals surface area contributed by atoms with Gasteiger partial charge in [-0.3, -0.25) is 14.2 Å². The van der Waals surface area contributed by atoms with Gasteiger partial charge in [0.1, 0.15) is 5.01 Å². The third kappa shape index (κ3) is 3.43. The van der Waals surface area contributed by atoms with Crippen LogP contribution in [0.3, 0.4) is 0 Å². The largest absolute Gasteiger partial charge is 0.294 e. The van der Waals surface area contributed by atoms with Crippen molar-refractivity contribution in [3.05, 3.63) is 92.7 Å². The summed E-state index contributed by atoms with van der Waals surface area (Å²) in [6, 6.07) is 17.8. The predicted molar refractivity (Wildman–Crippen MR) is 130 cm³/mol. The van der Waals surface area contributed by atoms with E-state index in [9.17, 15) is 9.59 Å². The molecule has 0 N–H and O–H groups in total. The predicted octanol–water partition coefficient (Wildman–Crippen LogP) is 6.02. The molecule has 0 atom stereocenters. The van der Waals surface area contributed by atoms with Crippen LogP contribution in [0.5, 0.6) is 0 Å². The second kappa shape index (κ2) is 8.32. The molecule has 2 aromatic heterocycles. The molecule has 4 aromatic rings. The third-order valence-corrected chi connectivity index (χ3v) is 7.03. The van der Waals surface area contributed by atoms with Gasteiger partial charge in [0.2, 0.25) is 0 Å². The standard InChI is InChI=1S/C27H24N2O2S/c1-3-18-12-7-9-17(2)25(18)29-23-13-8-14-24(30)20(23)15-21(27(29)31)26-28-22(16-32-26)19-10-5-4-6-11-19/h4-7,9-12,15-16H,3,8,13-14H2,1-2H3. The number of ketones is 1. The lowest BCUT2D eigenvalue weighted by atomic mass is 9.92. The highest BCUT2D eigenvalue weighted by molar-refractivity contribution is 7.13. The van der Waals surface area contributed by atoms with Gasteiger partial charge < -0.3 is 0 Å². The van der Waals surface area contributed by atoms with Crippen LogP contribution in [0.1, 0.15) is 46.9 Å². The molecule has 0 fully saturated rings. The van der Waals surface area contributed by atoms with E-state index in [1.54, 1.807) is 10.6 Å². The van der Waals surface area contributed by atoms with E-state index < -0.39 is 0 Å². The minimum Gasteiger partial charge on any atom is -0.294 e. The van der Waals surface area contributed by atoms with Crippen LogP contribution < -0.4 is 5.56 Å². The van der Waals surface area contributed by atoms with Gasteiger partial charge in [-0.2, -0.15) is 0 Å². The molecule has 32 heavy (non-hydrogen) atoms. The van der Waals surface area contributed by atoms with Crippen molar-refractivity contribution < 1.29 is 4.79 Å². The second-order valence-electron chi connectivity index (χ2n) is 8.18. The zero-order valence-corrected chi connectivity index (χ0v) is 19.0. The highest BCUT2D eigenvalue weighted by Gasteiger charge is 2.26. The second-order valence-corrected chi connectivity index (χ2v) is 9.03. The van der Waals surface area contributed by atoms with Crippen molar-refractivity contribution in [2.24, 2.45) is 0 Å². The molecule has 1 aliphatic carbocycles. The molecule has 2 aromatic carbocycles. The fourth-order valence-corrected chi connectivity index (χ4v) is 5.38. The van der Waals surface area contributed by atoms with Crippen molar-refractivity contribution in [1.29, 1.82) is 0 Å². The monoisotopic (exact) mass is 440 g/mol. The lowest BCUT2D eigenvalue weighted by Gasteiger charge is -2.24. The minimum atomic E-state index is -0.101. The average Bonchev–Trinajstić information content (AvgIpc) is 3.30. The molecule has 0 amide bonds. The maximum absolute atomic E-state index is 13.9. The Labute approximate surface area is 191 Å². The number of carbonyl (C=O) groups is 1. The van der Waals surface area contributed by atoms with Gasteiger partial charge in [0.05, 0.1) is 16.9 Å². The third-order valence-electron chi connectivity index (χ3n) is 6.15. The first kappa shape index (κ1) is 20.6. The minimum absolute atomic E-state index is 0.101. The average molecular weight is 441 g/mol. The van der Waals surface area contributed by atoms with Crippen molar-refractivity contribution >= 4 is 17.1 Å². The van der Waals surface area contributed by atoms with E-state index in [0.717, 1.165) is 53.0 Å². The summed E-state index contributed by atoms with van der Waals surface area (Å²) in [5.74, 6) is 0.104. The molecule has 0 saturated carbocycles. The van der Waals surface area contributed by atoms with Gasteiger partial charge in [0.15, 0.2) is 5.78 Å². The molecule has 1 aliphatic rings. The van der Waals surface area contributed by atoms with Gasteiger partial charge in [-0.05, 0) is 43.4 Å². The Hall–Kier alpha value is -3.31. The summed E-state index contributed by atoms with van der Waals surface area (Å²) in [6.45, 7) is 4.12. The Kier molecular flexibility index (Phi) is 5.35. The Morgan fingerprint density at radius 2 is 1.81 bits per heavy atom. The number of aromatic nitrogens is 2. The topological polar surface area (TPSA) is 52.0 Å². The van der Waals surface area contributed by atoms with Crippen molar-refractivity contribution in [2.45, 2.75) is 39.5 Å². The molecular weight excluding hydrogens is 416 g/mol. The lowest BCUT2D eigenvalue weighted by Crippen LogP contribution is -2.29. The quantitative estimate of drug-likeness (QED) is 0.390. The van der Waals surface area contributed by atoms with Crippen molar-refractivity contribution in [1.82, 2.24) is 9.55 Å². The number of rotatable bonds is 4. The van der Waals surface area contributed by atoms with E-state index in [0.29, 0.717) is 22.6 Å². The van der Waals surface area contributed by atoms with Crippen LogP contribution >= 0.6 is 11.3 Å². The van der Waals surface area contributed by atoms with Crippen LogP contribution in [-0.2, 0) is 12.8 Å². The zero-order valence-electron chi connectivity index (χ0n) is 18.2. The summed E-state index contributed by atoms with van der Waals surface area (Å²) >= 11 is 1.45. The molecule has 5 rings (SSSR count). The molecule has 0 unspecified atom stereocenters. The molecule has 0 aliphatic heterocycles. The Morgan fingerprint density at radius 1 is 1.00 bits per heavy atom. The summed E-state index contributed by atoms with van der Waals surface area (Å²) < 4.78 is 1.81. The Morgan fingerprint density at radius 3 is 2.59 bits per heavy atom. The number of aryl methyl sites for hydroxylation is 2. The summed E-state index contributed by atoms with van der Waals surface area (Å²) in [4.78, 5) is 31.6. The molecule has 0 spiro atoms. The number of hydrogen-bond donors (Lipinski definition) is 0. The van der Waals surface area contributed by atoms with Crippen LogP contribution in [0.25, 0.3) is 27.5 Å². The smallest absolute Gasteiger partial charge is 0.265 e. The zero-order chi connectivity index (χ0) is 22.2. The summed E-state index contributed by atoms with van der Waals surface area (Å²) in [5.41, 5.74) is 6.79. The molecule has 4 nitrogen and oxygen atoms in total. The number of benzene rings is 2. The Bertz CT molecular complexity index is 1380. The SMILES string of the molecule is CCc1cccc(C)c1-n1c2c(cc(-c3nc(-c4ccccc4)cs3)c1=O)C(=O)CCC2. The fraction of sp³-hybridized carbons (Fsp3) is 0.222. The maximum atomic E-state index is 13.9. The van der Waals surface area contributed by atoms with E-state index in [-0.39, 0.29) is 11.3 Å². The van der Waals surface area contributed by atoms with E-state index in [1.807, 2.05) is 54.8 Å². The van der Waals surface area contributed by atoms with Gasteiger partial charge in [0, 0.05) is 28.6 Å². The molecule has 0 bridgehead atoms. The van der Waals surface area contributed by atoms with Crippen LogP contribution in [0.4, 0.5) is 0 Å². The lowest BCUT2D eigenvalue weighted by molar-refractivity contribution is 0.0971. The van der Waals surface area contributed by atoms with Gasteiger partial charge in [0.25, 0.3) is 5.56 Å². The summed E-state index contributed by atoms with van der Waals surface area (Å²) in [6.07, 6.45) is 2.83. The van der Waals surface area contributed by atoms with E-state index >= 15 is 0 Å². The first-order valence-corrected chi connectivity index (χ1v) is 11.9. The molecule has 0 saturated heterocycles. The van der Waals surface area contributed by atoms with Crippen LogP contribution in [0.15, 0.2) is 64.8 Å². The van der Waals surface area contributed by atoms with E-state index in [1.165, 1.54) is 11.3 Å². The molecular formula is C27H24N2O2S. The maximum Gasteiger partial charge on any atom is 0.265 e. The number of Topliss-reactive ketones (excluding diaryl/α,β-unsaturated/α-hetero) is 1. The van der Waals surface area contributed by atoms with Crippen molar-refractivity contribution in [2.75, 3.05) is 0 Å². The number of para-hydroxylation sites is 1. The molecule has 160 valence electrons. The first-order chi connectivity index (χ1) is 15.6. The highest BCUT2D eigenvalue weighted by atomic mass is 32.1. The van der Waals surface area contributed by atoms with Crippen LogP contribution in [0, 0.1) is 6.92 Å². The van der Waals surface area contributed by atoms with Gasteiger partial charge in [-0.1, -0.05) is 55.5 Å². The fourth-order valence-electron chi connectivity index (χ4n) is 4.55. The number of carbonyl (C=O) groups excluding carboxylic acids is 1. The number of pyridine rings is 1. The van der Waals surface area contributed by atoms with Crippen molar-refractivity contribution in [3.63, 3.8) is 0 Å². The number of thiazole rings is 1. The van der Waals surface area contributed by atoms with Crippen molar-refractivity contribution in [3.8, 4) is 27.5 Å². The normalized spacial score (nSPS) is 13.2. The molecule has 2 heterocycles. The summed E-state index contributed by atoms with van der Waals surface area (Å²) in [7, 11) is 0. The van der Waals surface area contributed by atoms with Crippen LogP contribution in [0.2, 0.25) is 0 Å². The number of fused-ring (bicyclic) bond motifs is 1.